The molecule has 2 heterocycles. The largest absolute Gasteiger partial charge is 0.496 e. The van der Waals surface area contributed by atoms with E-state index in [9.17, 15) is 4.79 Å². The molecular weight excluding hydrogens is 330 g/mol. The second-order valence-electron chi connectivity index (χ2n) is 6.47. The zero-order chi connectivity index (χ0) is 18.7. The fourth-order valence-electron chi connectivity index (χ4n) is 3.41. The third-order valence-electron chi connectivity index (χ3n) is 4.80. The highest BCUT2D eigenvalue weighted by Gasteiger charge is 2.27. The number of ether oxygens (including phenoxy) is 2. The minimum absolute atomic E-state index is 0.0671. The number of carbonyl (C=O) groups is 1. The zero-order valence-corrected chi connectivity index (χ0v) is 15.8. The molecule has 138 valence electrons. The minimum Gasteiger partial charge on any atom is -0.496 e. The molecule has 6 heteroatoms. The van der Waals surface area contributed by atoms with Crippen molar-refractivity contribution in [3.8, 4) is 11.5 Å². The summed E-state index contributed by atoms with van der Waals surface area (Å²) < 4.78 is 10.9. The van der Waals surface area contributed by atoms with E-state index in [-0.39, 0.29) is 5.91 Å². The highest BCUT2D eigenvalue weighted by molar-refractivity contribution is 5.96. The van der Waals surface area contributed by atoms with Crippen LogP contribution < -0.4 is 14.4 Å². The molecule has 0 N–H and O–H groups in total. The van der Waals surface area contributed by atoms with E-state index in [0.29, 0.717) is 19.6 Å². The van der Waals surface area contributed by atoms with E-state index in [2.05, 4.69) is 9.88 Å². The number of aromatic nitrogens is 1. The van der Waals surface area contributed by atoms with Crippen molar-refractivity contribution in [1.82, 2.24) is 9.88 Å². The molecule has 0 saturated carbocycles. The lowest BCUT2D eigenvalue weighted by Gasteiger charge is -2.35. The van der Waals surface area contributed by atoms with Gasteiger partial charge in [0.05, 0.1) is 32.1 Å². The highest BCUT2D eigenvalue weighted by Crippen LogP contribution is 2.29. The van der Waals surface area contributed by atoms with E-state index in [1.165, 1.54) is 0 Å². The molecule has 0 atom stereocenters. The smallest absolute Gasteiger partial charge is 0.241 e. The number of anilines is 1. The van der Waals surface area contributed by atoms with Gasteiger partial charge in [0.15, 0.2) is 0 Å². The van der Waals surface area contributed by atoms with E-state index < -0.39 is 0 Å². The molecular formula is C20H25N3O3. The Morgan fingerprint density at radius 1 is 1.12 bits per heavy atom. The minimum atomic E-state index is 0.0671. The maximum atomic E-state index is 12.7. The predicted octanol–water partition coefficient (Wildman–Crippen LogP) is 2.56. The average molecular weight is 355 g/mol. The molecule has 0 radical (unpaired) electrons. The second-order valence-corrected chi connectivity index (χ2v) is 6.47. The van der Waals surface area contributed by atoms with Gasteiger partial charge in [-0.25, -0.2) is 0 Å². The summed E-state index contributed by atoms with van der Waals surface area (Å²) in [4.78, 5) is 21.2. The number of hydrogen-bond donors (Lipinski definition) is 0. The van der Waals surface area contributed by atoms with E-state index >= 15 is 0 Å². The third-order valence-corrected chi connectivity index (χ3v) is 4.80. The fraction of sp³-hybridized carbons (Fsp3) is 0.400. The van der Waals surface area contributed by atoms with E-state index in [1.54, 1.807) is 19.1 Å². The molecule has 1 saturated heterocycles. The predicted molar refractivity (Wildman–Crippen MR) is 101 cm³/mol. The monoisotopic (exact) mass is 355 g/mol. The molecule has 3 rings (SSSR count). The SMILES string of the molecule is COc1ccccc1N1CCN(Cc2ncc(C)c(OC)c2C)CC1=O. The first-order valence-electron chi connectivity index (χ1n) is 8.70. The number of para-hydroxylation sites is 2. The Hall–Kier alpha value is -2.60. The molecule has 0 spiro atoms. The van der Waals surface area contributed by atoms with Gasteiger partial charge in [-0.2, -0.15) is 0 Å². The van der Waals surface area contributed by atoms with Crippen LogP contribution in [0.4, 0.5) is 5.69 Å². The lowest BCUT2D eigenvalue weighted by atomic mass is 10.1. The van der Waals surface area contributed by atoms with Crippen LogP contribution in [0.3, 0.4) is 0 Å². The molecule has 1 aromatic heterocycles. The molecule has 1 aromatic carbocycles. The van der Waals surface area contributed by atoms with Crippen LogP contribution in [0.25, 0.3) is 0 Å². The van der Waals surface area contributed by atoms with Crippen molar-refractivity contribution in [2.45, 2.75) is 20.4 Å². The molecule has 0 bridgehead atoms. The summed E-state index contributed by atoms with van der Waals surface area (Å²) in [6, 6.07) is 7.62. The van der Waals surface area contributed by atoms with Crippen molar-refractivity contribution in [3.63, 3.8) is 0 Å². The molecule has 1 fully saturated rings. The number of aryl methyl sites for hydroxylation is 1. The average Bonchev–Trinajstić information content (AvgIpc) is 2.65. The third kappa shape index (κ3) is 3.51. The van der Waals surface area contributed by atoms with E-state index in [0.717, 1.165) is 40.6 Å². The molecule has 6 nitrogen and oxygen atoms in total. The number of benzene rings is 1. The second kappa shape index (κ2) is 7.74. The van der Waals surface area contributed by atoms with Crippen molar-refractivity contribution in [3.05, 3.63) is 47.3 Å². The Morgan fingerprint density at radius 2 is 1.88 bits per heavy atom. The number of pyridine rings is 1. The van der Waals surface area contributed by atoms with Gasteiger partial charge in [-0.1, -0.05) is 12.1 Å². The van der Waals surface area contributed by atoms with Gasteiger partial charge >= 0.3 is 0 Å². The number of hydrogen-bond acceptors (Lipinski definition) is 5. The van der Waals surface area contributed by atoms with Crippen LogP contribution in [0.1, 0.15) is 16.8 Å². The van der Waals surface area contributed by atoms with Gasteiger partial charge in [0.1, 0.15) is 11.5 Å². The Balaban J connectivity index is 1.73. The van der Waals surface area contributed by atoms with Gasteiger partial charge in [-0.3, -0.25) is 14.7 Å². The molecule has 0 unspecified atom stereocenters. The number of nitrogens with zero attached hydrogens (tertiary/aromatic N) is 3. The molecule has 2 aromatic rings. The van der Waals surface area contributed by atoms with Crippen LogP contribution >= 0.6 is 0 Å². The Bertz CT molecular complexity index is 807. The summed E-state index contributed by atoms with van der Waals surface area (Å²) in [5.41, 5.74) is 3.83. The summed E-state index contributed by atoms with van der Waals surface area (Å²) in [7, 11) is 3.30. The topological polar surface area (TPSA) is 54.9 Å². The van der Waals surface area contributed by atoms with Gasteiger partial charge in [-0.15, -0.1) is 0 Å². The van der Waals surface area contributed by atoms with Crippen molar-refractivity contribution in [1.29, 1.82) is 0 Å². The van der Waals surface area contributed by atoms with Crippen molar-refractivity contribution in [2.75, 3.05) is 38.8 Å². The summed E-state index contributed by atoms with van der Waals surface area (Å²) in [6.07, 6.45) is 1.83. The number of piperazine rings is 1. The maximum Gasteiger partial charge on any atom is 0.241 e. The summed E-state index contributed by atoms with van der Waals surface area (Å²) in [5, 5.41) is 0. The maximum absolute atomic E-state index is 12.7. The Labute approximate surface area is 154 Å². The normalized spacial score (nSPS) is 15.2. The van der Waals surface area contributed by atoms with Gasteiger partial charge in [0, 0.05) is 37.0 Å². The van der Waals surface area contributed by atoms with E-state index in [4.69, 9.17) is 9.47 Å². The standard InChI is InChI=1S/C20H25N3O3/c1-14-11-21-16(15(2)20(14)26-4)12-22-9-10-23(19(24)13-22)17-7-5-6-8-18(17)25-3/h5-8,11H,9-10,12-13H2,1-4H3. The Kier molecular flexibility index (Phi) is 5.42. The summed E-state index contributed by atoms with van der Waals surface area (Å²) in [6.45, 7) is 6.39. The summed E-state index contributed by atoms with van der Waals surface area (Å²) in [5.74, 6) is 1.65. The molecule has 0 aliphatic carbocycles. The van der Waals surface area contributed by atoms with Gasteiger partial charge in [0.25, 0.3) is 0 Å². The zero-order valence-electron chi connectivity index (χ0n) is 15.8. The van der Waals surface area contributed by atoms with Crippen molar-refractivity contribution < 1.29 is 14.3 Å². The molecule has 1 aliphatic rings. The van der Waals surface area contributed by atoms with Crippen molar-refractivity contribution in [2.24, 2.45) is 0 Å². The lowest BCUT2D eigenvalue weighted by Crippen LogP contribution is -2.50. The van der Waals surface area contributed by atoms with Crippen LogP contribution in [0.2, 0.25) is 0 Å². The van der Waals surface area contributed by atoms with Crippen LogP contribution in [-0.2, 0) is 11.3 Å². The quantitative estimate of drug-likeness (QED) is 0.825. The van der Waals surface area contributed by atoms with Crippen LogP contribution in [-0.4, -0.2) is 49.6 Å². The molecule has 1 aliphatic heterocycles. The van der Waals surface area contributed by atoms with Crippen molar-refractivity contribution >= 4 is 11.6 Å². The molecule has 1 amide bonds. The number of amides is 1. The van der Waals surface area contributed by atoms with Crippen LogP contribution in [0.5, 0.6) is 11.5 Å². The lowest BCUT2D eigenvalue weighted by molar-refractivity contribution is -0.121. The highest BCUT2D eigenvalue weighted by atomic mass is 16.5. The first-order chi connectivity index (χ1) is 12.5. The number of carbonyl (C=O) groups excluding carboxylic acids is 1. The number of methoxy groups -OCH3 is 2. The van der Waals surface area contributed by atoms with Crippen LogP contribution in [0.15, 0.2) is 30.5 Å². The fourth-order valence-corrected chi connectivity index (χ4v) is 3.41. The first-order valence-corrected chi connectivity index (χ1v) is 8.70. The van der Waals surface area contributed by atoms with Gasteiger partial charge < -0.3 is 14.4 Å². The van der Waals surface area contributed by atoms with Gasteiger partial charge in [-0.05, 0) is 26.0 Å². The van der Waals surface area contributed by atoms with E-state index in [1.807, 2.05) is 44.3 Å². The summed E-state index contributed by atoms with van der Waals surface area (Å²) >= 11 is 0. The van der Waals surface area contributed by atoms with Crippen LogP contribution in [0, 0.1) is 13.8 Å². The molecule has 26 heavy (non-hydrogen) atoms. The number of rotatable bonds is 5. The Morgan fingerprint density at radius 3 is 2.58 bits per heavy atom. The first kappa shape index (κ1) is 18.2. The van der Waals surface area contributed by atoms with Gasteiger partial charge in [0.2, 0.25) is 5.91 Å².